The lowest BCUT2D eigenvalue weighted by Crippen LogP contribution is -2.28. The minimum absolute atomic E-state index is 0.0467. The SMILES string of the molecule is COc1ccccc1CCNC(=O)c1cc2sccc2n1Cc1ccc(C(C)(C)C)cc1. The third kappa shape index (κ3) is 4.73. The Labute approximate surface area is 193 Å². The van der Waals surface area contributed by atoms with Gasteiger partial charge in [-0.25, -0.2) is 0 Å². The Hall–Kier alpha value is -3.05. The van der Waals surface area contributed by atoms with Crippen LogP contribution in [0.3, 0.4) is 0 Å². The molecule has 0 aliphatic rings. The summed E-state index contributed by atoms with van der Waals surface area (Å²) in [6, 6.07) is 20.7. The van der Waals surface area contributed by atoms with E-state index >= 15 is 0 Å². The Morgan fingerprint density at radius 3 is 2.53 bits per heavy atom. The molecule has 2 heterocycles. The number of nitrogens with zero attached hydrogens (tertiary/aromatic N) is 1. The molecule has 0 bridgehead atoms. The summed E-state index contributed by atoms with van der Waals surface area (Å²) in [6.45, 7) is 7.88. The largest absolute Gasteiger partial charge is 0.496 e. The zero-order chi connectivity index (χ0) is 22.7. The second-order valence-electron chi connectivity index (χ2n) is 9.05. The lowest BCUT2D eigenvalue weighted by Gasteiger charge is -2.19. The third-order valence-electron chi connectivity index (χ3n) is 5.79. The normalized spacial score (nSPS) is 11.6. The molecule has 0 fully saturated rings. The van der Waals surface area contributed by atoms with Crippen LogP contribution >= 0.6 is 11.3 Å². The molecule has 0 saturated heterocycles. The second kappa shape index (κ2) is 9.21. The maximum atomic E-state index is 13.1. The number of carbonyl (C=O) groups excluding carboxylic acids is 1. The fourth-order valence-electron chi connectivity index (χ4n) is 3.94. The predicted molar refractivity (Wildman–Crippen MR) is 133 cm³/mol. The van der Waals surface area contributed by atoms with E-state index in [0.717, 1.165) is 28.0 Å². The van der Waals surface area contributed by atoms with Gasteiger partial charge in [0, 0.05) is 13.1 Å². The number of methoxy groups -OCH3 is 1. The molecular weight excluding hydrogens is 416 g/mol. The lowest BCUT2D eigenvalue weighted by atomic mass is 9.87. The highest BCUT2D eigenvalue weighted by molar-refractivity contribution is 7.17. The van der Waals surface area contributed by atoms with Gasteiger partial charge in [-0.05, 0) is 52.1 Å². The molecule has 4 rings (SSSR count). The van der Waals surface area contributed by atoms with Gasteiger partial charge in [-0.2, -0.15) is 0 Å². The first-order valence-corrected chi connectivity index (χ1v) is 11.8. The summed E-state index contributed by atoms with van der Waals surface area (Å²) >= 11 is 1.66. The van der Waals surface area contributed by atoms with Gasteiger partial charge in [0.05, 0.1) is 17.3 Å². The highest BCUT2D eigenvalue weighted by Crippen LogP contribution is 2.27. The van der Waals surface area contributed by atoms with E-state index in [4.69, 9.17) is 4.74 Å². The number of hydrogen-bond donors (Lipinski definition) is 1. The van der Waals surface area contributed by atoms with Crippen LogP contribution in [0, 0.1) is 0 Å². The van der Waals surface area contributed by atoms with Gasteiger partial charge in [0.1, 0.15) is 11.4 Å². The molecule has 4 nitrogen and oxygen atoms in total. The van der Waals surface area contributed by atoms with Gasteiger partial charge < -0.3 is 14.6 Å². The van der Waals surface area contributed by atoms with Gasteiger partial charge in [-0.15, -0.1) is 11.3 Å². The van der Waals surface area contributed by atoms with Gasteiger partial charge in [-0.3, -0.25) is 4.79 Å². The Morgan fingerprint density at radius 2 is 1.81 bits per heavy atom. The molecule has 0 saturated carbocycles. The van der Waals surface area contributed by atoms with Crippen LogP contribution in [0.2, 0.25) is 0 Å². The zero-order valence-electron chi connectivity index (χ0n) is 19.1. The van der Waals surface area contributed by atoms with Crippen LogP contribution in [0.1, 0.15) is 48.0 Å². The van der Waals surface area contributed by atoms with Gasteiger partial charge in [0.15, 0.2) is 0 Å². The molecular formula is C27H30N2O2S. The van der Waals surface area contributed by atoms with Crippen molar-refractivity contribution in [3.63, 3.8) is 0 Å². The monoisotopic (exact) mass is 446 g/mol. The molecule has 166 valence electrons. The number of benzene rings is 2. The molecule has 0 spiro atoms. The summed E-state index contributed by atoms with van der Waals surface area (Å²) in [5.74, 6) is 0.805. The fourth-order valence-corrected chi connectivity index (χ4v) is 4.76. The fraction of sp³-hybridized carbons (Fsp3) is 0.296. The first-order chi connectivity index (χ1) is 15.4. The molecule has 0 aliphatic carbocycles. The first kappa shape index (κ1) is 22.2. The molecule has 0 radical (unpaired) electrons. The number of hydrogen-bond acceptors (Lipinski definition) is 3. The number of fused-ring (bicyclic) bond motifs is 1. The Balaban J connectivity index is 1.51. The van der Waals surface area contributed by atoms with E-state index in [9.17, 15) is 4.79 Å². The number of carbonyl (C=O) groups is 1. The van der Waals surface area contributed by atoms with E-state index in [1.165, 1.54) is 11.1 Å². The zero-order valence-corrected chi connectivity index (χ0v) is 20.0. The van der Waals surface area contributed by atoms with Crippen molar-refractivity contribution < 1.29 is 9.53 Å². The van der Waals surface area contributed by atoms with Crippen LogP contribution in [0.5, 0.6) is 5.75 Å². The topological polar surface area (TPSA) is 43.3 Å². The van der Waals surface area contributed by atoms with Crippen molar-refractivity contribution in [3.8, 4) is 5.75 Å². The van der Waals surface area contributed by atoms with Gasteiger partial charge in [0.25, 0.3) is 5.91 Å². The van der Waals surface area contributed by atoms with Crippen molar-refractivity contribution in [3.05, 3.63) is 88.4 Å². The van der Waals surface area contributed by atoms with Crippen molar-refractivity contribution in [2.45, 2.75) is 39.2 Å². The van der Waals surface area contributed by atoms with Crippen molar-refractivity contribution in [2.75, 3.05) is 13.7 Å². The standard InChI is InChI=1S/C27H30N2O2S/c1-27(2,3)21-11-9-19(10-12-21)18-29-22-14-16-32-25(22)17-23(29)26(30)28-15-13-20-7-5-6-8-24(20)31-4/h5-12,14,16-17H,13,15,18H2,1-4H3,(H,28,30). The number of nitrogens with one attached hydrogen (secondary N) is 1. The quantitative estimate of drug-likeness (QED) is 0.377. The first-order valence-electron chi connectivity index (χ1n) is 10.9. The van der Waals surface area contributed by atoms with Crippen molar-refractivity contribution in [1.82, 2.24) is 9.88 Å². The average molecular weight is 447 g/mol. The summed E-state index contributed by atoms with van der Waals surface area (Å²) in [5, 5.41) is 5.17. The van der Waals surface area contributed by atoms with Crippen LogP contribution in [0.25, 0.3) is 10.2 Å². The van der Waals surface area contributed by atoms with Crippen LogP contribution in [0.15, 0.2) is 66.0 Å². The highest BCUT2D eigenvalue weighted by Gasteiger charge is 2.18. The van der Waals surface area contributed by atoms with E-state index < -0.39 is 0 Å². The molecule has 2 aromatic heterocycles. The van der Waals surface area contributed by atoms with Crippen LogP contribution < -0.4 is 10.1 Å². The summed E-state index contributed by atoms with van der Waals surface area (Å²) in [7, 11) is 1.67. The number of aromatic nitrogens is 1. The maximum absolute atomic E-state index is 13.1. The lowest BCUT2D eigenvalue weighted by molar-refractivity contribution is 0.0945. The van der Waals surface area contributed by atoms with E-state index in [1.807, 2.05) is 30.3 Å². The van der Waals surface area contributed by atoms with Crippen molar-refractivity contribution >= 4 is 27.5 Å². The molecule has 2 aromatic carbocycles. The van der Waals surface area contributed by atoms with Crippen molar-refractivity contribution in [1.29, 1.82) is 0 Å². The molecule has 0 atom stereocenters. The van der Waals surface area contributed by atoms with E-state index in [2.05, 4.69) is 66.4 Å². The molecule has 0 aliphatic heterocycles. The van der Waals surface area contributed by atoms with E-state index in [0.29, 0.717) is 18.8 Å². The van der Waals surface area contributed by atoms with E-state index in [-0.39, 0.29) is 11.3 Å². The number of thiophene rings is 1. The molecule has 32 heavy (non-hydrogen) atoms. The molecule has 1 N–H and O–H groups in total. The summed E-state index contributed by atoms with van der Waals surface area (Å²) < 4.78 is 8.67. The minimum atomic E-state index is -0.0467. The Morgan fingerprint density at radius 1 is 1.06 bits per heavy atom. The number of ether oxygens (including phenoxy) is 1. The molecule has 5 heteroatoms. The maximum Gasteiger partial charge on any atom is 0.267 e. The van der Waals surface area contributed by atoms with Gasteiger partial charge >= 0.3 is 0 Å². The Bertz CT molecular complexity index is 1210. The third-order valence-corrected chi connectivity index (χ3v) is 6.64. The van der Waals surface area contributed by atoms with Crippen LogP contribution in [0.4, 0.5) is 0 Å². The Kier molecular flexibility index (Phi) is 6.38. The summed E-state index contributed by atoms with van der Waals surface area (Å²) in [4.78, 5) is 13.1. The molecule has 0 unspecified atom stereocenters. The second-order valence-corrected chi connectivity index (χ2v) is 10.00. The number of rotatable bonds is 7. The molecule has 1 amide bonds. The van der Waals surface area contributed by atoms with Crippen molar-refractivity contribution in [2.24, 2.45) is 0 Å². The number of amides is 1. The smallest absolute Gasteiger partial charge is 0.267 e. The van der Waals surface area contributed by atoms with Crippen LogP contribution in [-0.2, 0) is 18.4 Å². The van der Waals surface area contributed by atoms with Gasteiger partial charge in [0.2, 0.25) is 0 Å². The average Bonchev–Trinajstić information content (AvgIpc) is 3.36. The molecule has 4 aromatic rings. The number of para-hydroxylation sites is 1. The predicted octanol–water partition coefficient (Wildman–Crippen LogP) is 6.03. The van der Waals surface area contributed by atoms with Crippen LogP contribution in [-0.4, -0.2) is 24.1 Å². The summed E-state index contributed by atoms with van der Waals surface area (Å²) in [5.41, 5.74) is 5.51. The minimum Gasteiger partial charge on any atom is -0.496 e. The van der Waals surface area contributed by atoms with Gasteiger partial charge in [-0.1, -0.05) is 63.2 Å². The highest BCUT2D eigenvalue weighted by atomic mass is 32.1. The van der Waals surface area contributed by atoms with E-state index in [1.54, 1.807) is 18.4 Å². The summed E-state index contributed by atoms with van der Waals surface area (Å²) in [6.07, 6.45) is 0.721.